The number of allylic oxidation sites excluding steroid dienone is 1. The van der Waals surface area contributed by atoms with Gasteiger partial charge in [-0.3, -0.25) is 19.5 Å². The Hall–Kier alpha value is -3.27. The van der Waals surface area contributed by atoms with Gasteiger partial charge in [-0.25, -0.2) is 13.2 Å². The highest BCUT2D eigenvalue weighted by Gasteiger charge is 2.56. The van der Waals surface area contributed by atoms with Gasteiger partial charge in [0.2, 0.25) is 5.91 Å². The zero-order valence-electron chi connectivity index (χ0n) is 13.2. The fraction of sp³-hybridized carbons (Fsp3) is 0.125. The summed E-state index contributed by atoms with van der Waals surface area (Å²) in [5, 5.41) is 8.04. The van der Waals surface area contributed by atoms with Gasteiger partial charge in [-0.05, 0) is 23.8 Å². The summed E-state index contributed by atoms with van der Waals surface area (Å²) in [7, 11) is -3.91. The molecule has 0 spiro atoms. The minimum atomic E-state index is -3.91. The second-order valence-corrected chi connectivity index (χ2v) is 7.66. The molecule has 1 saturated heterocycles. The van der Waals surface area contributed by atoms with E-state index in [0.717, 1.165) is 12.2 Å². The van der Waals surface area contributed by atoms with Crippen LogP contribution in [0.25, 0.3) is 6.08 Å². The summed E-state index contributed by atoms with van der Waals surface area (Å²) in [5.41, 5.74) is 4.63. The molecule has 10 heteroatoms. The number of carboxylic acids is 1. The largest absolute Gasteiger partial charge is 0.477 e. The summed E-state index contributed by atoms with van der Waals surface area (Å²) in [6.45, 7) is 0. The van der Waals surface area contributed by atoms with Gasteiger partial charge in [-0.1, -0.05) is 12.1 Å². The van der Waals surface area contributed by atoms with Gasteiger partial charge in [-0.2, -0.15) is 0 Å². The second-order valence-electron chi connectivity index (χ2n) is 5.60. The molecule has 3 rings (SSSR count). The Morgan fingerprint density at radius 3 is 2.65 bits per heavy atom. The standard InChI is InChI=1S/C16H13N3O6S/c17-12(20)5-4-9-8-26(24,25)15-11(7-10-3-1-2-6-18-10)14(21)19(15)13(9)16(22)23/h1-7,15H,8H2,(H2,17,20)(H,22,23)/b5-4+,11-7-. The van der Waals surface area contributed by atoms with Crippen LogP contribution < -0.4 is 5.73 Å². The monoisotopic (exact) mass is 375 g/mol. The summed E-state index contributed by atoms with van der Waals surface area (Å²) in [6, 6.07) is 4.93. The predicted molar refractivity (Wildman–Crippen MR) is 89.6 cm³/mol. The fourth-order valence-electron chi connectivity index (χ4n) is 2.82. The number of β-lactam (4-membered cyclic amide) rings is 1. The third-order valence-corrected chi connectivity index (χ3v) is 5.71. The van der Waals surface area contributed by atoms with E-state index in [1.165, 1.54) is 12.3 Å². The van der Waals surface area contributed by atoms with Gasteiger partial charge in [-0.15, -0.1) is 0 Å². The van der Waals surface area contributed by atoms with E-state index in [9.17, 15) is 27.9 Å². The first kappa shape index (κ1) is 17.5. The second kappa shape index (κ2) is 6.23. The van der Waals surface area contributed by atoms with Crippen LogP contribution in [-0.2, 0) is 24.2 Å². The molecule has 1 atom stereocenters. The number of aromatic nitrogens is 1. The molecule has 2 aliphatic heterocycles. The molecule has 0 saturated carbocycles. The molecule has 2 amide bonds. The number of sulfone groups is 1. The lowest BCUT2D eigenvalue weighted by atomic mass is 10.0. The molecule has 3 heterocycles. The number of carboxylic acid groups (broad SMARTS) is 1. The first-order valence-corrected chi connectivity index (χ1v) is 9.05. The van der Waals surface area contributed by atoms with Gasteiger partial charge in [0, 0.05) is 12.3 Å². The number of primary amides is 1. The first-order chi connectivity index (χ1) is 12.2. The van der Waals surface area contributed by atoms with E-state index in [1.54, 1.807) is 18.2 Å². The molecule has 26 heavy (non-hydrogen) atoms. The molecule has 1 unspecified atom stereocenters. The number of nitrogens with zero attached hydrogens (tertiary/aromatic N) is 2. The molecule has 1 fully saturated rings. The van der Waals surface area contributed by atoms with Crippen molar-refractivity contribution in [3.63, 3.8) is 0 Å². The van der Waals surface area contributed by atoms with Crippen LogP contribution in [0.4, 0.5) is 0 Å². The molecule has 1 aromatic heterocycles. The minimum absolute atomic E-state index is 0.0552. The Morgan fingerprint density at radius 1 is 1.35 bits per heavy atom. The lowest BCUT2D eigenvalue weighted by Crippen LogP contribution is -2.62. The number of nitrogens with two attached hydrogens (primary N) is 1. The van der Waals surface area contributed by atoms with Crippen LogP contribution >= 0.6 is 0 Å². The zero-order valence-corrected chi connectivity index (χ0v) is 14.0. The lowest BCUT2D eigenvalue weighted by molar-refractivity contribution is -0.141. The van der Waals surface area contributed by atoms with Crippen LogP contribution in [0.1, 0.15) is 5.69 Å². The highest BCUT2D eigenvalue weighted by molar-refractivity contribution is 7.92. The maximum atomic E-state index is 12.6. The molecule has 0 radical (unpaired) electrons. The quantitative estimate of drug-likeness (QED) is 0.529. The summed E-state index contributed by atoms with van der Waals surface area (Å²) >= 11 is 0. The Balaban J connectivity index is 2.10. The van der Waals surface area contributed by atoms with Crippen molar-refractivity contribution in [3.05, 3.63) is 59.1 Å². The summed E-state index contributed by atoms with van der Waals surface area (Å²) < 4.78 is 25.2. The molecule has 0 aliphatic carbocycles. The van der Waals surface area contributed by atoms with Crippen LogP contribution in [-0.4, -0.2) is 52.3 Å². The lowest BCUT2D eigenvalue weighted by Gasteiger charge is -2.45. The number of hydrogen-bond donors (Lipinski definition) is 2. The van der Waals surface area contributed by atoms with E-state index in [-0.39, 0.29) is 11.1 Å². The SMILES string of the molecule is NC(=O)/C=C/C1=C(C(=O)O)N2C(=O)/C(=C/c3ccccn3)C2S(=O)(=O)C1. The van der Waals surface area contributed by atoms with E-state index in [2.05, 4.69) is 4.98 Å². The molecule has 0 aromatic carbocycles. The van der Waals surface area contributed by atoms with Gasteiger partial charge in [0.1, 0.15) is 5.70 Å². The number of rotatable bonds is 4. The summed E-state index contributed by atoms with van der Waals surface area (Å²) in [6.07, 6.45) is 4.67. The van der Waals surface area contributed by atoms with Crippen LogP contribution in [0.2, 0.25) is 0 Å². The van der Waals surface area contributed by atoms with E-state index in [4.69, 9.17) is 5.73 Å². The van der Waals surface area contributed by atoms with Crippen molar-refractivity contribution in [1.29, 1.82) is 0 Å². The first-order valence-electron chi connectivity index (χ1n) is 7.34. The van der Waals surface area contributed by atoms with Crippen molar-refractivity contribution in [3.8, 4) is 0 Å². The fourth-order valence-corrected chi connectivity index (χ4v) is 4.72. The Bertz CT molecular complexity index is 1010. The normalized spacial score (nSPS) is 23.1. The van der Waals surface area contributed by atoms with Gasteiger partial charge in [0.05, 0.1) is 17.0 Å². The zero-order chi connectivity index (χ0) is 19.1. The van der Waals surface area contributed by atoms with Gasteiger partial charge in [0.25, 0.3) is 5.91 Å². The summed E-state index contributed by atoms with van der Waals surface area (Å²) in [4.78, 5) is 39.6. The van der Waals surface area contributed by atoms with Crippen LogP contribution in [0.5, 0.6) is 0 Å². The van der Waals surface area contributed by atoms with Crippen molar-refractivity contribution in [2.45, 2.75) is 5.37 Å². The average Bonchev–Trinajstić information content (AvgIpc) is 2.57. The smallest absolute Gasteiger partial charge is 0.352 e. The number of fused-ring (bicyclic) bond motifs is 1. The molecule has 9 nitrogen and oxygen atoms in total. The number of carbonyl (C=O) groups is 3. The van der Waals surface area contributed by atoms with Crippen LogP contribution in [0, 0.1) is 0 Å². The van der Waals surface area contributed by atoms with Crippen LogP contribution in [0.15, 0.2) is 53.4 Å². The van der Waals surface area contributed by atoms with Crippen molar-refractivity contribution >= 4 is 33.7 Å². The molecular weight excluding hydrogens is 362 g/mol. The van der Waals surface area contributed by atoms with Crippen molar-refractivity contribution in [1.82, 2.24) is 9.88 Å². The number of carbonyl (C=O) groups excluding carboxylic acids is 2. The Labute approximate surface area is 148 Å². The van der Waals surface area contributed by atoms with Crippen molar-refractivity contribution in [2.75, 3.05) is 5.75 Å². The molecule has 0 bridgehead atoms. The number of pyridine rings is 1. The van der Waals surface area contributed by atoms with Gasteiger partial charge < -0.3 is 10.8 Å². The predicted octanol–water partition coefficient (Wildman–Crippen LogP) is -0.558. The van der Waals surface area contributed by atoms with E-state index < -0.39 is 44.4 Å². The number of aliphatic carboxylic acids is 1. The Kier molecular flexibility index (Phi) is 4.20. The molecular formula is C16H13N3O6S. The average molecular weight is 375 g/mol. The van der Waals surface area contributed by atoms with E-state index in [1.807, 2.05) is 0 Å². The number of hydrogen-bond acceptors (Lipinski definition) is 6. The van der Waals surface area contributed by atoms with E-state index in [0.29, 0.717) is 10.6 Å². The topological polar surface area (TPSA) is 148 Å². The molecule has 2 aliphatic rings. The molecule has 134 valence electrons. The van der Waals surface area contributed by atoms with Gasteiger partial charge in [0.15, 0.2) is 15.2 Å². The molecule has 3 N–H and O–H groups in total. The number of amides is 2. The Morgan fingerprint density at radius 2 is 2.08 bits per heavy atom. The van der Waals surface area contributed by atoms with Crippen LogP contribution in [0.3, 0.4) is 0 Å². The van der Waals surface area contributed by atoms with E-state index >= 15 is 0 Å². The molecule has 1 aromatic rings. The third-order valence-electron chi connectivity index (χ3n) is 3.85. The minimum Gasteiger partial charge on any atom is -0.477 e. The summed E-state index contributed by atoms with van der Waals surface area (Å²) in [5.74, 6) is -3.72. The van der Waals surface area contributed by atoms with Crippen molar-refractivity contribution < 1.29 is 27.9 Å². The van der Waals surface area contributed by atoms with Crippen molar-refractivity contribution in [2.24, 2.45) is 5.73 Å². The maximum absolute atomic E-state index is 12.6. The highest BCUT2D eigenvalue weighted by Crippen LogP contribution is 2.40. The maximum Gasteiger partial charge on any atom is 0.352 e. The third kappa shape index (κ3) is 2.90. The highest BCUT2D eigenvalue weighted by atomic mass is 32.2. The van der Waals surface area contributed by atoms with Gasteiger partial charge >= 0.3 is 5.97 Å².